The van der Waals surface area contributed by atoms with Crippen molar-refractivity contribution in [2.24, 2.45) is 0 Å². The molecule has 0 aliphatic heterocycles. The lowest BCUT2D eigenvalue weighted by Crippen LogP contribution is -2.20. The topological polar surface area (TPSA) is 63.2 Å². The Hall–Kier alpha value is -3.34. The lowest BCUT2D eigenvalue weighted by atomic mass is 10.0. The number of carbonyl (C=O) groups excluding carboxylic acids is 1. The Labute approximate surface area is 165 Å². The summed E-state index contributed by atoms with van der Waals surface area (Å²) >= 11 is 0. The number of amides is 1. The molecule has 2 N–H and O–H groups in total. The average molecular weight is 375 g/mol. The van der Waals surface area contributed by atoms with E-state index in [1.54, 1.807) is 6.20 Å². The lowest BCUT2D eigenvalue weighted by Gasteiger charge is -2.10. The minimum absolute atomic E-state index is 0.0503. The Kier molecular flexibility index (Phi) is 6.27. The van der Waals surface area contributed by atoms with Crippen LogP contribution < -0.4 is 15.4 Å². The zero-order valence-electron chi connectivity index (χ0n) is 16.4. The fourth-order valence-corrected chi connectivity index (χ4v) is 2.62. The highest BCUT2D eigenvalue weighted by Crippen LogP contribution is 2.20. The number of ether oxygens (including phenoxy) is 1. The maximum absolute atomic E-state index is 12.0. The maximum Gasteiger partial charge on any atom is 0.262 e. The Balaban J connectivity index is 1.50. The fraction of sp³-hybridized carbons (Fsp3) is 0.217. The second-order valence-corrected chi connectivity index (χ2v) is 6.98. The van der Waals surface area contributed by atoms with Gasteiger partial charge in [-0.3, -0.25) is 4.79 Å². The summed E-state index contributed by atoms with van der Waals surface area (Å²) in [5, 5.41) is 6.03. The zero-order chi connectivity index (χ0) is 19.9. The molecule has 3 rings (SSSR count). The molecule has 0 radical (unpaired) electrons. The molecule has 5 nitrogen and oxygen atoms in total. The van der Waals surface area contributed by atoms with Gasteiger partial charge in [0, 0.05) is 5.69 Å². The Bertz CT molecular complexity index is 902. The van der Waals surface area contributed by atoms with E-state index in [2.05, 4.69) is 41.6 Å². The standard InChI is InChI=1S/C23H25N3O2/c1-16(2)18-6-8-19(9-7-18)25-22-13-10-20(14-24-22)26-23(27)15-28-21-11-4-17(3)5-12-21/h4-14,16H,15H2,1-3H3,(H,24,25)(H,26,27). The molecule has 0 aliphatic rings. The van der Waals surface area contributed by atoms with Crippen LogP contribution in [0.2, 0.25) is 0 Å². The molecule has 2 aromatic carbocycles. The molecule has 0 saturated carbocycles. The van der Waals surface area contributed by atoms with Crippen LogP contribution in [0.1, 0.15) is 30.9 Å². The molecule has 0 saturated heterocycles. The number of nitrogens with one attached hydrogen (secondary N) is 2. The lowest BCUT2D eigenvalue weighted by molar-refractivity contribution is -0.118. The van der Waals surface area contributed by atoms with Crippen molar-refractivity contribution in [1.29, 1.82) is 0 Å². The van der Waals surface area contributed by atoms with Crippen molar-refractivity contribution in [2.45, 2.75) is 26.7 Å². The minimum Gasteiger partial charge on any atom is -0.484 e. The number of hydrogen-bond acceptors (Lipinski definition) is 4. The van der Waals surface area contributed by atoms with Crippen LogP contribution >= 0.6 is 0 Å². The largest absolute Gasteiger partial charge is 0.484 e. The van der Waals surface area contributed by atoms with Crippen molar-refractivity contribution >= 4 is 23.1 Å². The summed E-state index contributed by atoms with van der Waals surface area (Å²) in [7, 11) is 0. The molecule has 1 aromatic heterocycles. The molecule has 1 heterocycles. The van der Waals surface area contributed by atoms with Crippen LogP contribution in [-0.4, -0.2) is 17.5 Å². The van der Waals surface area contributed by atoms with Gasteiger partial charge in [-0.25, -0.2) is 4.98 Å². The van der Waals surface area contributed by atoms with E-state index in [4.69, 9.17) is 4.74 Å². The number of anilines is 3. The zero-order valence-corrected chi connectivity index (χ0v) is 16.4. The first-order valence-corrected chi connectivity index (χ1v) is 9.32. The van der Waals surface area contributed by atoms with Gasteiger partial charge in [-0.2, -0.15) is 0 Å². The first-order valence-electron chi connectivity index (χ1n) is 9.32. The summed E-state index contributed by atoms with van der Waals surface area (Å²) in [6.07, 6.45) is 1.62. The van der Waals surface area contributed by atoms with Crippen molar-refractivity contribution in [3.05, 3.63) is 78.0 Å². The molecular weight excluding hydrogens is 350 g/mol. The number of nitrogens with zero attached hydrogens (tertiary/aromatic N) is 1. The number of rotatable bonds is 7. The van der Waals surface area contributed by atoms with Gasteiger partial charge in [0.25, 0.3) is 5.91 Å². The normalized spacial score (nSPS) is 10.6. The first kappa shape index (κ1) is 19.4. The van der Waals surface area contributed by atoms with Gasteiger partial charge in [-0.15, -0.1) is 0 Å². The molecule has 144 valence electrons. The second kappa shape index (κ2) is 9.04. The molecule has 28 heavy (non-hydrogen) atoms. The average Bonchev–Trinajstić information content (AvgIpc) is 2.69. The summed E-state index contributed by atoms with van der Waals surface area (Å²) in [4.78, 5) is 16.4. The molecular formula is C23H25N3O2. The quantitative estimate of drug-likeness (QED) is 0.590. The SMILES string of the molecule is Cc1ccc(OCC(=O)Nc2ccc(Nc3ccc(C(C)C)cc3)nc2)cc1. The van der Waals surface area contributed by atoms with Gasteiger partial charge in [-0.1, -0.05) is 43.7 Å². The molecule has 0 bridgehead atoms. The van der Waals surface area contributed by atoms with Crippen molar-refractivity contribution in [2.75, 3.05) is 17.2 Å². The van der Waals surface area contributed by atoms with Crippen molar-refractivity contribution < 1.29 is 9.53 Å². The summed E-state index contributed by atoms with van der Waals surface area (Å²) in [6, 6.07) is 19.5. The summed E-state index contributed by atoms with van der Waals surface area (Å²) in [5.74, 6) is 1.66. The molecule has 0 unspecified atom stereocenters. The molecule has 5 heteroatoms. The molecule has 0 fully saturated rings. The molecule has 1 amide bonds. The van der Waals surface area contributed by atoms with E-state index in [0.29, 0.717) is 23.2 Å². The first-order chi connectivity index (χ1) is 13.5. The number of hydrogen-bond donors (Lipinski definition) is 2. The third-order valence-corrected chi connectivity index (χ3v) is 4.29. The number of pyridine rings is 1. The maximum atomic E-state index is 12.0. The van der Waals surface area contributed by atoms with E-state index in [9.17, 15) is 4.79 Å². The summed E-state index contributed by atoms with van der Waals surface area (Å²) in [5.41, 5.74) is 4.04. The number of aromatic nitrogens is 1. The molecule has 3 aromatic rings. The van der Waals surface area contributed by atoms with Crippen molar-refractivity contribution in [3.63, 3.8) is 0 Å². The Morgan fingerprint density at radius 3 is 2.25 bits per heavy atom. The van der Waals surface area contributed by atoms with Gasteiger partial charge in [0.2, 0.25) is 0 Å². The highest BCUT2D eigenvalue weighted by atomic mass is 16.5. The summed E-state index contributed by atoms with van der Waals surface area (Å²) in [6.45, 7) is 6.29. The van der Waals surface area contributed by atoms with E-state index in [0.717, 1.165) is 11.3 Å². The van der Waals surface area contributed by atoms with Crippen molar-refractivity contribution in [1.82, 2.24) is 4.98 Å². The van der Waals surface area contributed by atoms with E-state index in [1.807, 2.05) is 55.5 Å². The number of aryl methyl sites for hydroxylation is 1. The molecule has 0 atom stereocenters. The highest BCUT2D eigenvalue weighted by molar-refractivity contribution is 5.91. The van der Waals surface area contributed by atoms with E-state index >= 15 is 0 Å². The molecule has 0 spiro atoms. The monoisotopic (exact) mass is 375 g/mol. The van der Waals surface area contributed by atoms with Crippen LogP contribution in [0, 0.1) is 6.92 Å². The van der Waals surface area contributed by atoms with Crippen LogP contribution in [0.4, 0.5) is 17.2 Å². The smallest absolute Gasteiger partial charge is 0.262 e. The molecule has 0 aliphatic carbocycles. The Morgan fingerprint density at radius 1 is 0.964 bits per heavy atom. The van der Waals surface area contributed by atoms with Crippen LogP contribution in [0.3, 0.4) is 0 Å². The number of carbonyl (C=O) groups is 1. The van der Waals surface area contributed by atoms with Crippen LogP contribution in [0.5, 0.6) is 5.75 Å². The fourth-order valence-electron chi connectivity index (χ4n) is 2.62. The minimum atomic E-state index is -0.229. The van der Waals surface area contributed by atoms with Crippen LogP contribution in [0.25, 0.3) is 0 Å². The van der Waals surface area contributed by atoms with Gasteiger partial charge >= 0.3 is 0 Å². The van der Waals surface area contributed by atoms with Gasteiger partial charge in [0.1, 0.15) is 11.6 Å². The van der Waals surface area contributed by atoms with Gasteiger partial charge in [0.05, 0.1) is 11.9 Å². The van der Waals surface area contributed by atoms with Gasteiger partial charge in [-0.05, 0) is 54.8 Å². The third kappa shape index (κ3) is 5.58. The predicted molar refractivity (Wildman–Crippen MR) is 113 cm³/mol. The van der Waals surface area contributed by atoms with E-state index < -0.39 is 0 Å². The van der Waals surface area contributed by atoms with Crippen molar-refractivity contribution in [3.8, 4) is 5.75 Å². The van der Waals surface area contributed by atoms with E-state index in [-0.39, 0.29) is 12.5 Å². The second-order valence-electron chi connectivity index (χ2n) is 6.98. The van der Waals surface area contributed by atoms with Crippen LogP contribution in [-0.2, 0) is 4.79 Å². The number of benzene rings is 2. The van der Waals surface area contributed by atoms with Gasteiger partial charge < -0.3 is 15.4 Å². The highest BCUT2D eigenvalue weighted by Gasteiger charge is 2.05. The van der Waals surface area contributed by atoms with Crippen LogP contribution in [0.15, 0.2) is 66.9 Å². The van der Waals surface area contributed by atoms with Gasteiger partial charge in [0.15, 0.2) is 6.61 Å². The Morgan fingerprint density at radius 2 is 1.64 bits per heavy atom. The van der Waals surface area contributed by atoms with E-state index in [1.165, 1.54) is 5.56 Å². The predicted octanol–water partition coefficient (Wildman–Crippen LogP) is 5.27. The summed E-state index contributed by atoms with van der Waals surface area (Å²) < 4.78 is 5.48. The third-order valence-electron chi connectivity index (χ3n) is 4.29.